The predicted molar refractivity (Wildman–Crippen MR) is 95.9 cm³/mol. The van der Waals surface area contributed by atoms with Gasteiger partial charge >= 0.3 is 0 Å². The third kappa shape index (κ3) is 4.10. The van der Waals surface area contributed by atoms with Crippen LogP contribution in [0.2, 0.25) is 0 Å². The highest BCUT2D eigenvalue weighted by Gasteiger charge is 2.35. The first kappa shape index (κ1) is 17.7. The third-order valence-electron chi connectivity index (χ3n) is 5.27. The highest BCUT2D eigenvalue weighted by atomic mass is 32.2. The van der Waals surface area contributed by atoms with Crippen LogP contribution in [0.1, 0.15) is 31.2 Å². The summed E-state index contributed by atoms with van der Waals surface area (Å²) in [6.45, 7) is 3.89. The van der Waals surface area contributed by atoms with Crippen LogP contribution in [0.3, 0.4) is 0 Å². The molecule has 2 fully saturated rings. The second kappa shape index (κ2) is 7.85. The molecule has 6 heteroatoms. The quantitative estimate of drug-likeness (QED) is 0.787. The Balaban J connectivity index is 1.48. The Labute approximate surface area is 145 Å². The Morgan fingerprint density at radius 2 is 1.83 bits per heavy atom. The second-order valence-electron chi connectivity index (χ2n) is 6.79. The number of nitrogens with zero attached hydrogens (tertiary/aromatic N) is 2. The van der Waals surface area contributed by atoms with Crippen LogP contribution in [0, 0.1) is 0 Å². The van der Waals surface area contributed by atoms with Crippen molar-refractivity contribution < 1.29 is 13.2 Å². The normalized spacial score (nSPS) is 21.2. The molecule has 1 heterocycles. The Morgan fingerprint density at radius 3 is 2.50 bits per heavy atom. The SMILES string of the molecule is COc1cccc(CCN2CCN(S(=O)(=O)C3CCCC3)CC2)c1. The van der Waals surface area contributed by atoms with Crippen LogP contribution in [-0.4, -0.2) is 62.7 Å². The van der Waals surface area contributed by atoms with Gasteiger partial charge in [-0.05, 0) is 37.0 Å². The van der Waals surface area contributed by atoms with Crippen LogP contribution in [0.25, 0.3) is 0 Å². The van der Waals surface area contributed by atoms with Crippen LogP contribution < -0.4 is 4.74 Å². The number of hydrogen-bond donors (Lipinski definition) is 0. The van der Waals surface area contributed by atoms with Gasteiger partial charge in [-0.15, -0.1) is 0 Å². The summed E-state index contributed by atoms with van der Waals surface area (Å²) < 4.78 is 32.3. The first-order valence-electron chi connectivity index (χ1n) is 8.94. The van der Waals surface area contributed by atoms with E-state index in [0.717, 1.165) is 57.5 Å². The van der Waals surface area contributed by atoms with Gasteiger partial charge in [0.25, 0.3) is 0 Å². The Bertz CT molecular complexity index is 633. The summed E-state index contributed by atoms with van der Waals surface area (Å²) in [5, 5.41) is -0.124. The van der Waals surface area contributed by atoms with Crippen LogP contribution in [0.15, 0.2) is 24.3 Å². The zero-order chi connectivity index (χ0) is 17.0. The van der Waals surface area contributed by atoms with Gasteiger partial charge in [-0.2, -0.15) is 4.31 Å². The van der Waals surface area contributed by atoms with Gasteiger partial charge in [0.2, 0.25) is 10.0 Å². The smallest absolute Gasteiger partial charge is 0.217 e. The van der Waals surface area contributed by atoms with E-state index in [2.05, 4.69) is 17.0 Å². The summed E-state index contributed by atoms with van der Waals surface area (Å²) in [4.78, 5) is 2.36. The molecule has 0 spiro atoms. The average molecular weight is 353 g/mol. The average Bonchev–Trinajstić information content (AvgIpc) is 3.16. The van der Waals surface area contributed by atoms with E-state index >= 15 is 0 Å². The molecule has 0 bridgehead atoms. The number of methoxy groups -OCH3 is 1. The minimum absolute atomic E-state index is 0.124. The largest absolute Gasteiger partial charge is 0.497 e. The molecule has 2 aliphatic rings. The van der Waals surface area contributed by atoms with E-state index in [9.17, 15) is 8.42 Å². The second-order valence-corrected chi connectivity index (χ2v) is 9.01. The highest BCUT2D eigenvalue weighted by molar-refractivity contribution is 7.89. The molecule has 24 heavy (non-hydrogen) atoms. The molecule has 1 aromatic carbocycles. The van der Waals surface area contributed by atoms with Crippen molar-refractivity contribution in [2.24, 2.45) is 0 Å². The van der Waals surface area contributed by atoms with Gasteiger partial charge in [-0.3, -0.25) is 0 Å². The monoisotopic (exact) mass is 352 g/mol. The number of ether oxygens (including phenoxy) is 1. The molecule has 1 saturated carbocycles. The lowest BCUT2D eigenvalue weighted by Crippen LogP contribution is -2.51. The van der Waals surface area contributed by atoms with Gasteiger partial charge in [0.15, 0.2) is 0 Å². The van der Waals surface area contributed by atoms with Gasteiger partial charge in [0.1, 0.15) is 5.75 Å². The zero-order valence-electron chi connectivity index (χ0n) is 14.5. The maximum absolute atomic E-state index is 12.6. The van der Waals surface area contributed by atoms with Gasteiger partial charge in [0, 0.05) is 32.7 Å². The van der Waals surface area contributed by atoms with Crippen LogP contribution >= 0.6 is 0 Å². The van der Waals surface area contributed by atoms with E-state index in [0.29, 0.717) is 13.1 Å². The molecule has 0 aromatic heterocycles. The van der Waals surface area contributed by atoms with Crippen molar-refractivity contribution in [2.45, 2.75) is 37.4 Å². The van der Waals surface area contributed by atoms with Gasteiger partial charge in [-0.1, -0.05) is 25.0 Å². The predicted octanol–water partition coefficient (Wildman–Crippen LogP) is 2.13. The summed E-state index contributed by atoms with van der Waals surface area (Å²) in [5.74, 6) is 0.889. The fourth-order valence-corrected chi connectivity index (χ4v) is 5.74. The van der Waals surface area contributed by atoms with Crippen molar-refractivity contribution in [3.05, 3.63) is 29.8 Å². The molecule has 5 nitrogen and oxygen atoms in total. The maximum Gasteiger partial charge on any atom is 0.217 e. The molecule has 1 aliphatic heterocycles. The summed E-state index contributed by atoms with van der Waals surface area (Å²) in [7, 11) is -1.39. The molecular formula is C18H28N2O3S. The fraction of sp³-hybridized carbons (Fsp3) is 0.667. The van der Waals surface area contributed by atoms with Gasteiger partial charge in [0.05, 0.1) is 12.4 Å². The van der Waals surface area contributed by atoms with Crippen molar-refractivity contribution in [1.29, 1.82) is 0 Å². The first-order valence-corrected chi connectivity index (χ1v) is 10.4. The van der Waals surface area contributed by atoms with Crippen LogP contribution in [0.5, 0.6) is 5.75 Å². The van der Waals surface area contributed by atoms with E-state index in [1.54, 1.807) is 11.4 Å². The van der Waals surface area contributed by atoms with E-state index in [1.807, 2.05) is 12.1 Å². The van der Waals surface area contributed by atoms with Crippen molar-refractivity contribution in [1.82, 2.24) is 9.21 Å². The number of piperazine rings is 1. The summed E-state index contributed by atoms with van der Waals surface area (Å²) in [6, 6.07) is 8.15. The van der Waals surface area contributed by atoms with Gasteiger partial charge < -0.3 is 9.64 Å². The summed E-state index contributed by atoms with van der Waals surface area (Å²) in [6.07, 6.45) is 4.78. The fourth-order valence-electron chi connectivity index (χ4n) is 3.72. The Hall–Kier alpha value is -1.11. The minimum atomic E-state index is -3.07. The molecule has 0 amide bonds. The number of rotatable bonds is 6. The topological polar surface area (TPSA) is 49.9 Å². The maximum atomic E-state index is 12.6. The number of hydrogen-bond acceptors (Lipinski definition) is 4. The zero-order valence-corrected chi connectivity index (χ0v) is 15.3. The van der Waals surface area contributed by atoms with Crippen molar-refractivity contribution in [3.8, 4) is 5.75 Å². The lowest BCUT2D eigenvalue weighted by molar-refractivity contribution is 0.189. The molecule has 3 rings (SSSR count). The molecule has 0 N–H and O–H groups in total. The lowest BCUT2D eigenvalue weighted by Gasteiger charge is -2.35. The highest BCUT2D eigenvalue weighted by Crippen LogP contribution is 2.27. The molecule has 134 valence electrons. The van der Waals surface area contributed by atoms with E-state index in [1.165, 1.54) is 5.56 Å². The molecular weight excluding hydrogens is 324 g/mol. The van der Waals surface area contributed by atoms with Crippen molar-refractivity contribution >= 4 is 10.0 Å². The van der Waals surface area contributed by atoms with E-state index in [-0.39, 0.29) is 5.25 Å². The Morgan fingerprint density at radius 1 is 1.12 bits per heavy atom. The molecule has 0 radical (unpaired) electrons. The Kier molecular flexibility index (Phi) is 5.79. The summed E-state index contributed by atoms with van der Waals surface area (Å²) >= 11 is 0. The van der Waals surface area contributed by atoms with E-state index in [4.69, 9.17) is 4.74 Å². The number of sulfonamides is 1. The van der Waals surface area contributed by atoms with Crippen molar-refractivity contribution in [3.63, 3.8) is 0 Å². The standard InChI is InChI=1S/C18H28N2O3S/c1-23-17-6-4-5-16(15-17)9-10-19-11-13-20(14-12-19)24(21,22)18-7-2-3-8-18/h4-6,15,18H,2-3,7-14H2,1H3. The lowest BCUT2D eigenvalue weighted by atomic mass is 10.1. The van der Waals surface area contributed by atoms with Crippen molar-refractivity contribution in [2.75, 3.05) is 39.8 Å². The van der Waals surface area contributed by atoms with E-state index < -0.39 is 10.0 Å². The molecule has 1 aliphatic carbocycles. The van der Waals surface area contributed by atoms with Crippen LogP contribution in [-0.2, 0) is 16.4 Å². The van der Waals surface area contributed by atoms with Crippen LogP contribution in [0.4, 0.5) is 0 Å². The van der Waals surface area contributed by atoms with Gasteiger partial charge in [-0.25, -0.2) is 8.42 Å². The molecule has 1 saturated heterocycles. The third-order valence-corrected chi connectivity index (χ3v) is 7.66. The number of benzene rings is 1. The first-order chi connectivity index (χ1) is 11.6. The molecule has 0 unspecified atom stereocenters. The summed E-state index contributed by atoms with van der Waals surface area (Å²) in [5.41, 5.74) is 1.26. The molecule has 1 aromatic rings. The minimum Gasteiger partial charge on any atom is -0.497 e. The molecule has 0 atom stereocenters.